The summed E-state index contributed by atoms with van der Waals surface area (Å²) in [7, 11) is -3.94. The van der Waals surface area contributed by atoms with Crippen LogP contribution in [0.15, 0.2) is 17.0 Å². The monoisotopic (exact) mass is 293 g/mol. The molecule has 1 aliphatic rings. The number of rotatable bonds is 4. The molecule has 7 heteroatoms. The van der Waals surface area contributed by atoms with Crippen molar-refractivity contribution in [2.24, 2.45) is 5.92 Å². The first-order valence-electron chi connectivity index (χ1n) is 5.46. The minimum Gasteiger partial charge on any atom is -0.392 e. The molecule has 18 heavy (non-hydrogen) atoms. The zero-order valence-electron chi connectivity index (χ0n) is 9.65. The van der Waals surface area contributed by atoms with Gasteiger partial charge in [0.1, 0.15) is 10.7 Å². The molecule has 1 aromatic carbocycles. The minimum absolute atomic E-state index is 0.0738. The van der Waals surface area contributed by atoms with E-state index >= 15 is 0 Å². The van der Waals surface area contributed by atoms with Gasteiger partial charge in [0.15, 0.2) is 0 Å². The second-order valence-corrected chi connectivity index (χ2v) is 6.59. The summed E-state index contributed by atoms with van der Waals surface area (Å²) in [5, 5.41) is 9.03. The fourth-order valence-corrected chi connectivity index (χ4v) is 3.49. The number of aliphatic hydroxyl groups is 1. The molecule has 0 saturated heterocycles. The lowest BCUT2D eigenvalue weighted by molar-refractivity contribution is 0.274. The summed E-state index contributed by atoms with van der Waals surface area (Å²) in [4.78, 5) is -0.516. The number of hydrogen-bond acceptors (Lipinski definition) is 3. The lowest BCUT2D eigenvalue weighted by Gasteiger charge is -2.10. The second-order valence-electron chi connectivity index (χ2n) is 4.48. The first kappa shape index (κ1) is 13.7. The number of halogens is 2. The Bertz CT molecular complexity index is 576. The van der Waals surface area contributed by atoms with E-state index in [4.69, 9.17) is 16.7 Å². The summed E-state index contributed by atoms with van der Waals surface area (Å²) in [6.07, 6.45) is 0.744. The molecule has 0 bridgehead atoms. The molecule has 100 valence electrons. The van der Waals surface area contributed by atoms with Crippen LogP contribution in [0.3, 0.4) is 0 Å². The third-order valence-corrected chi connectivity index (χ3v) is 4.66. The van der Waals surface area contributed by atoms with E-state index in [1.807, 2.05) is 6.92 Å². The van der Waals surface area contributed by atoms with E-state index < -0.39 is 27.3 Å². The van der Waals surface area contributed by atoms with Crippen molar-refractivity contribution in [1.29, 1.82) is 0 Å². The molecule has 0 heterocycles. The van der Waals surface area contributed by atoms with Crippen LogP contribution in [0.4, 0.5) is 4.39 Å². The average Bonchev–Trinajstić information content (AvgIpc) is 2.95. The molecular formula is C11H13ClFNO3S. The summed E-state index contributed by atoms with van der Waals surface area (Å²) >= 11 is 5.72. The highest BCUT2D eigenvalue weighted by Crippen LogP contribution is 2.32. The van der Waals surface area contributed by atoms with Crippen molar-refractivity contribution in [1.82, 2.24) is 4.72 Å². The number of benzene rings is 1. The summed E-state index contributed by atoms with van der Waals surface area (Å²) in [5.74, 6) is -0.693. The van der Waals surface area contributed by atoms with Crippen LogP contribution in [0, 0.1) is 11.7 Å². The van der Waals surface area contributed by atoms with Crippen LogP contribution in [0.1, 0.15) is 18.9 Å². The maximum Gasteiger partial charge on any atom is 0.243 e. The highest BCUT2D eigenvalue weighted by molar-refractivity contribution is 7.89. The van der Waals surface area contributed by atoms with Crippen molar-refractivity contribution in [2.45, 2.75) is 30.9 Å². The zero-order valence-corrected chi connectivity index (χ0v) is 11.2. The van der Waals surface area contributed by atoms with Crippen molar-refractivity contribution >= 4 is 21.6 Å². The smallest absolute Gasteiger partial charge is 0.243 e. The summed E-state index contributed by atoms with van der Waals surface area (Å²) in [5.41, 5.74) is -0.133. The number of hydrogen-bond donors (Lipinski definition) is 2. The van der Waals surface area contributed by atoms with Crippen molar-refractivity contribution in [3.8, 4) is 0 Å². The molecule has 0 amide bonds. The van der Waals surface area contributed by atoms with Crippen LogP contribution in [0.25, 0.3) is 0 Å². The Morgan fingerprint density at radius 3 is 2.67 bits per heavy atom. The van der Waals surface area contributed by atoms with Crippen molar-refractivity contribution < 1.29 is 17.9 Å². The maximum atomic E-state index is 13.9. The van der Waals surface area contributed by atoms with Gasteiger partial charge in [-0.2, -0.15) is 0 Å². The predicted molar refractivity (Wildman–Crippen MR) is 65.2 cm³/mol. The molecule has 2 unspecified atom stereocenters. The highest BCUT2D eigenvalue weighted by atomic mass is 35.5. The van der Waals surface area contributed by atoms with Gasteiger partial charge in [-0.15, -0.1) is 0 Å². The van der Waals surface area contributed by atoms with E-state index in [1.165, 1.54) is 6.07 Å². The lowest BCUT2D eigenvalue weighted by atomic mass is 10.2. The Labute approximate surface area is 110 Å². The van der Waals surface area contributed by atoms with Gasteiger partial charge in [0.2, 0.25) is 10.0 Å². The topological polar surface area (TPSA) is 66.4 Å². The predicted octanol–water partition coefficient (Wildman–Crippen LogP) is 1.66. The molecular weight excluding hydrogens is 281 g/mol. The van der Waals surface area contributed by atoms with Gasteiger partial charge >= 0.3 is 0 Å². The molecule has 1 fully saturated rings. The van der Waals surface area contributed by atoms with E-state index in [9.17, 15) is 12.8 Å². The molecule has 2 N–H and O–H groups in total. The van der Waals surface area contributed by atoms with Crippen LogP contribution in [0.5, 0.6) is 0 Å². The molecule has 0 aromatic heterocycles. The number of aliphatic hydroxyl groups excluding tert-OH is 1. The Morgan fingerprint density at radius 2 is 2.17 bits per heavy atom. The highest BCUT2D eigenvalue weighted by Gasteiger charge is 2.37. The maximum absolute atomic E-state index is 13.9. The third kappa shape index (κ3) is 2.66. The van der Waals surface area contributed by atoms with Gasteiger partial charge in [-0.25, -0.2) is 17.5 Å². The molecule has 2 atom stereocenters. The summed E-state index contributed by atoms with van der Waals surface area (Å²) < 4.78 is 40.2. The van der Waals surface area contributed by atoms with Crippen LogP contribution < -0.4 is 4.72 Å². The van der Waals surface area contributed by atoms with Crippen molar-refractivity contribution in [3.63, 3.8) is 0 Å². The fourth-order valence-electron chi connectivity index (χ4n) is 1.68. The molecule has 1 aromatic rings. The molecule has 1 aliphatic carbocycles. The van der Waals surface area contributed by atoms with Gasteiger partial charge in [-0.1, -0.05) is 18.5 Å². The zero-order chi connectivity index (χ0) is 13.5. The van der Waals surface area contributed by atoms with Crippen LogP contribution >= 0.6 is 11.6 Å². The van der Waals surface area contributed by atoms with Crippen molar-refractivity contribution in [3.05, 3.63) is 28.5 Å². The molecule has 0 aliphatic heterocycles. The number of sulfonamides is 1. The fraction of sp³-hybridized carbons (Fsp3) is 0.455. The third-order valence-electron chi connectivity index (χ3n) is 2.96. The Morgan fingerprint density at radius 1 is 1.56 bits per heavy atom. The molecule has 1 saturated carbocycles. The first-order chi connectivity index (χ1) is 8.35. The summed E-state index contributed by atoms with van der Waals surface area (Å²) in [6.45, 7) is 1.30. The van der Waals surface area contributed by atoms with Gasteiger partial charge < -0.3 is 5.11 Å². The molecule has 0 radical (unpaired) electrons. The first-order valence-corrected chi connectivity index (χ1v) is 7.32. The Kier molecular flexibility index (Phi) is 3.64. The normalized spacial score (nSPS) is 23.1. The standard InChI is InChI=1S/C11H13ClFNO3S/c1-6-2-9(6)14-18(16,17)10-4-8(12)3-7(5-15)11(10)13/h3-4,6,9,14-15H,2,5H2,1H3. The summed E-state index contributed by atoms with van der Waals surface area (Å²) in [6, 6.07) is 2.10. The van der Waals surface area contributed by atoms with Crippen molar-refractivity contribution in [2.75, 3.05) is 0 Å². The van der Waals surface area contributed by atoms with Gasteiger partial charge in [0.05, 0.1) is 6.61 Å². The van der Waals surface area contributed by atoms with Gasteiger partial charge in [-0.3, -0.25) is 0 Å². The lowest BCUT2D eigenvalue weighted by Crippen LogP contribution is -2.28. The second kappa shape index (κ2) is 4.77. The molecule has 2 rings (SSSR count). The van der Waals surface area contributed by atoms with Crippen LogP contribution in [0.2, 0.25) is 5.02 Å². The molecule has 4 nitrogen and oxygen atoms in total. The minimum atomic E-state index is -3.94. The van der Waals surface area contributed by atoms with E-state index in [0.29, 0.717) is 0 Å². The Balaban J connectivity index is 2.40. The van der Waals surface area contributed by atoms with Crippen LogP contribution in [-0.2, 0) is 16.6 Å². The van der Waals surface area contributed by atoms with Gasteiger partial charge in [0.25, 0.3) is 0 Å². The van der Waals surface area contributed by atoms with Crippen LogP contribution in [-0.4, -0.2) is 19.6 Å². The van der Waals surface area contributed by atoms with E-state index in [2.05, 4.69) is 4.72 Å². The van der Waals surface area contributed by atoms with E-state index in [0.717, 1.165) is 12.5 Å². The number of nitrogens with one attached hydrogen (secondary N) is 1. The Hall–Kier alpha value is -0.690. The quantitative estimate of drug-likeness (QED) is 0.887. The largest absolute Gasteiger partial charge is 0.392 e. The molecule has 0 spiro atoms. The van der Waals surface area contributed by atoms with Gasteiger partial charge in [-0.05, 0) is 24.5 Å². The average molecular weight is 294 g/mol. The van der Waals surface area contributed by atoms with E-state index in [1.54, 1.807) is 0 Å². The SMILES string of the molecule is CC1CC1NS(=O)(=O)c1cc(Cl)cc(CO)c1F. The van der Waals surface area contributed by atoms with E-state index in [-0.39, 0.29) is 22.5 Å². The van der Waals surface area contributed by atoms with Gasteiger partial charge in [0, 0.05) is 16.6 Å².